The number of hydrogen-bond acceptors (Lipinski definition) is 27. The quantitative estimate of drug-likeness (QED) is 0.0335. The van der Waals surface area contributed by atoms with Crippen LogP contribution >= 0.6 is 0 Å². The number of benzene rings is 1. The molecule has 0 aliphatic carbocycles. The normalized spacial score (nSPS) is 15.3. The Bertz CT molecular complexity index is 4250. The third kappa shape index (κ3) is 55.9. The van der Waals surface area contributed by atoms with Gasteiger partial charge in [0, 0.05) is 0 Å². The molecule has 46 nitrogen and oxygen atoms in total. The molecule has 0 aromatic heterocycles. The van der Waals surface area contributed by atoms with Crippen molar-refractivity contribution in [2.45, 2.75) is 412 Å². The van der Waals surface area contributed by atoms with E-state index in [2.05, 4.69) is 95.7 Å². The van der Waals surface area contributed by atoms with Crippen molar-refractivity contribution in [2.24, 2.45) is 81.4 Å². The van der Waals surface area contributed by atoms with E-state index in [0.717, 1.165) is 5.56 Å². The molecule has 0 saturated heterocycles. The van der Waals surface area contributed by atoms with Crippen LogP contribution in [0.4, 0.5) is 0 Å². The largest absolute Gasteiger partial charge is 0.480 e. The summed E-state index contributed by atoms with van der Waals surface area (Å²) in [6.45, 7) is 30.0. The van der Waals surface area contributed by atoms with Gasteiger partial charge >= 0.3 is 5.97 Å². The maximum Gasteiger partial charge on any atom is 0.326 e. The lowest BCUT2D eigenvalue weighted by Crippen LogP contribution is -2.61. The summed E-state index contributed by atoms with van der Waals surface area (Å²) >= 11 is 0. The molecule has 0 fully saturated rings. The van der Waals surface area contributed by atoms with Gasteiger partial charge in [0.25, 0.3) is 0 Å². The summed E-state index contributed by atoms with van der Waals surface area (Å²) in [5.74, 6) is -16.5. The molecule has 0 heterocycles. The third-order valence-corrected chi connectivity index (χ3v) is 24.5. The van der Waals surface area contributed by atoms with Crippen molar-refractivity contribution in [1.29, 1.82) is 0 Å². The zero-order valence-electron chi connectivity index (χ0n) is 90.9. The maximum atomic E-state index is 14.9. The fraction of sp³-hybridized carbons (Fsp3) is 0.755. The highest BCUT2D eigenvalue weighted by Crippen LogP contribution is 2.19. The summed E-state index contributed by atoms with van der Waals surface area (Å²) in [4.78, 5) is 269. The Morgan fingerprint density at radius 3 is 0.534 bits per heavy atom. The lowest BCUT2D eigenvalue weighted by molar-refractivity contribution is -0.142. The van der Waals surface area contributed by atoms with Crippen LogP contribution in [-0.4, -0.2) is 278 Å². The van der Waals surface area contributed by atoms with Gasteiger partial charge in [-0.2, -0.15) is 0 Å². The van der Waals surface area contributed by atoms with E-state index < -0.39 is 227 Å². The molecule has 148 heavy (non-hydrogen) atoms. The van der Waals surface area contributed by atoms with Crippen molar-refractivity contribution < 1.29 is 96.2 Å². The number of rotatable bonds is 79. The van der Waals surface area contributed by atoms with Gasteiger partial charge in [0.1, 0.15) is 109 Å². The first-order valence-electron chi connectivity index (χ1n) is 53.2. The molecule has 35 N–H and O–H groups in total. The van der Waals surface area contributed by atoms with Crippen molar-refractivity contribution in [1.82, 2.24) is 95.7 Å². The van der Waals surface area contributed by atoms with E-state index in [4.69, 9.17) is 45.9 Å². The van der Waals surface area contributed by atoms with Crippen LogP contribution < -0.4 is 142 Å². The topological polar surface area (TPSA) is 769 Å². The summed E-state index contributed by atoms with van der Waals surface area (Å²) in [6.07, 6.45) is 5.87. The first-order chi connectivity index (χ1) is 69.8. The van der Waals surface area contributed by atoms with Crippen molar-refractivity contribution in [3.8, 4) is 0 Å². The molecular weight excluding hydrogens is 1910 g/mol. The van der Waals surface area contributed by atoms with E-state index in [1.54, 1.807) is 83.1 Å². The summed E-state index contributed by atoms with van der Waals surface area (Å²) in [7, 11) is 0. The van der Waals surface area contributed by atoms with Gasteiger partial charge in [0.05, 0.1) is 6.04 Å². The smallest absolute Gasteiger partial charge is 0.326 e. The molecular formula is C102H186N26O20. The van der Waals surface area contributed by atoms with Gasteiger partial charge in [-0.15, -0.1) is 0 Å². The van der Waals surface area contributed by atoms with Crippen molar-refractivity contribution >= 4 is 112 Å². The highest BCUT2D eigenvalue weighted by atomic mass is 16.4. The van der Waals surface area contributed by atoms with Gasteiger partial charge in [-0.25, -0.2) is 4.79 Å². The van der Waals surface area contributed by atoms with Crippen LogP contribution in [0.3, 0.4) is 0 Å². The highest BCUT2D eigenvalue weighted by Gasteiger charge is 2.40. The first-order valence-corrected chi connectivity index (χ1v) is 53.2. The Morgan fingerprint density at radius 2 is 0.351 bits per heavy atom. The van der Waals surface area contributed by atoms with Gasteiger partial charge in [0.2, 0.25) is 106 Å². The maximum absolute atomic E-state index is 14.9. The molecule has 0 unspecified atom stereocenters. The molecule has 0 bridgehead atoms. The molecule has 844 valence electrons. The molecule has 0 spiro atoms. The molecule has 1 aromatic carbocycles. The van der Waals surface area contributed by atoms with E-state index in [-0.39, 0.29) is 178 Å². The number of hydrogen-bond donors (Lipinski definition) is 27. The number of nitrogens with two attached hydrogens (primary N) is 8. The number of carbonyl (C=O) groups is 19. The fourth-order valence-electron chi connectivity index (χ4n) is 16.1. The molecule has 1 rings (SSSR count). The Labute approximate surface area is 875 Å². The van der Waals surface area contributed by atoms with Crippen LogP contribution in [0.1, 0.15) is 297 Å². The molecule has 0 saturated carbocycles. The van der Waals surface area contributed by atoms with Gasteiger partial charge in [-0.3, -0.25) is 86.3 Å². The third-order valence-electron chi connectivity index (χ3n) is 24.5. The number of nitrogens with one attached hydrogen (secondary N) is 18. The average molecular weight is 2100 g/mol. The van der Waals surface area contributed by atoms with Gasteiger partial charge in [-0.05, 0) is 301 Å². The van der Waals surface area contributed by atoms with Crippen LogP contribution in [-0.2, 0) is 97.5 Å². The predicted molar refractivity (Wildman–Crippen MR) is 566 cm³/mol. The van der Waals surface area contributed by atoms with Gasteiger partial charge in [0.15, 0.2) is 0 Å². The number of unbranched alkanes of at least 4 members (excludes halogenated alkanes) is 7. The second-order valence-electron chi connectivity index (χ2n) is 41.3. The van der Waals surface area contributed by atoms with Gasteiger partial charge in [-0.1, -0.05) is 113 Å². The standard InChI is InChI=1S/C102H186N26O20/c1-58(2)51-78(97(142)115-68(17)88(133)128-83(102(147)148)56-63(11)12)123-87(132)67(16)114-100(145)79(52-59(3)4)124-93(138)73(39-23-30-46-105)118-86(131)66(15)113-99(144)81(54-61(7)8)126-95(140)76(42-26-33-49-108)121-92(137)74(40-24-31-47-106)122-101(146)82(55-62(9)10)127-96(141)77(43-27-34-50-109)120-91(136)72(38-22-29-45-104)117-85(130)65(14)112-98(143)80(53-60(5)6)125-94(139)75(41-25-32-48-107)119-90(135)71(37-21-28-44-103)116-84(129)64(13)111-89(134)70(110)57-69-35-19-18-20-36-69/h18-20,35-36,58-68,70-83H,21-34,37-57,103-110H2,1-17H3,(H,111,134)(H,112,143)(H,113,144)(H,114,145)(H,115,142)(H,116,129)(H,117,130)(H,118,131)(H,119,135)(H,120,136)(H,121,137)(H,122,146)(H,123,132)(H,124,138)(H,125,139)(H,126,140)(H,127,141)(H,128,133)(H,147,148)/t64-,65-,66-,67-,68-,70-,71-,72-,73-,74-,75-,76-,77-,78-,79-,80-,81-,82-,83-/m0/s1. The second-order valence-corrected chi connectivity index (χ2v) is 41.3. The van der Waals surface area contributed by atoms with Crippen LogP contribution in [0.25, 0.3) is 0 Å². The molecule has 0 radical (unpaired) electrons. The van der Waals surface area contributed by atoms with Crippen molar-refractivity contribution in [2.75, 3.05) is 45.8 Å². The first kappa shape index (κ1) is 135. The summed E-state index contributed by atoms with van der Waals surface area (Å²) < 4.78 is 0. The fourth-order valence-corrected chi connectivity index (χ4v) is 16.1. The Morgan fingerprint density at radius 1 is 0.203 bits per heavy atom. The summed E-state index contributed by atoms with van der Waals surface area (Å²) in [6, 6.07) is -15.2. The van der Waals surface area contributed by atoms with E-state index in [1.807, 2.05) is 30.3 Å². The molecule has 1 aromatic rings. The van der Waals surface area contributed by atoms with Crippen LogP contribution in [0.15, 0.2) is 30.3 Å². The highest BCUT2D eigenvalue weighted by molar-refractivity contribution is 6.02. The lowest BCUT2D eigenvalue weighted by atomic mass is 10.00. The SMILES string of the molecule is CC(C)C[C@H](NC(=O)[C@H](C)NC(=O)[C@H](CC(C)C)NC(=O)[C@H](C)NC(=O)[C@H](CC(C)C)NC(=O)[C@H](CCCCN)NC(=O)[C@H](C)NC(=O)[C@H](CC(C)C)NC(=O)[C@H](CCCCN)NC(=O)[C@H](CCCCN)NC(=O)[C@H](CC(C)C)NC(=O)[C@H](CCCCN)NC(=O)[C@H](CCCCN)NC(=O)[C@H](C)NC(=O)[C@H](CC(C)C)NC(=O)[C@H](CCCCN)NC(=O)[C@H](CCCCN)NC(=O)[C@H](C)NC(=O)[C@@H](N)Cc1ccccc1)C(=O)O. The number of amides is 18. The minimum atomic E-state index is -1.38. The zero-order valence-corrected chi connectivity index (χ0v) is 90.9. The zero-order chi connectivity index (χ0) is 112. The van der Waals surface area contributed by atoms with Crippen molar-refractivity contribution in [3.63, 3.8) is 0 Å². The molecule has 18 amide bonds. The predicted octanol–water partition coefficient (Wildman–Crippen LogP) is -1.35. The Balaban J connectivity index is 3.64. The van der Waals surface area contributed by atoms with Crippen LogP contribution in [0, 0.1) is 35.5 Å². The number of aliphatic carboxylic acids is 1. The van der Waals surface area contributed by atoms with Crippen LogP contribution in [0.5, 0.6) is 0 Å². The number of carboxylic acid groups (broad SMARTS) is 1. The molecule has 46 heteroatoms. The molecule has 19 atom stereocenters. The summed E-state index contributed by atoms with van der Waals surface area (Å²) in [5.41, 5.74) is 48.3. The Kier molecular flexibility index (Phi) is 68.0. The minimum Gasteiger partial charge on any atom is -0.480 e. The monoisotopic (exact) mass is 2100 g/mol. The van der Waals surface area contributed by atoms with Gasteiger partial charge < -0.3 is 147 Å². The molecule has 0 aliphatic rings. The minimum absolute atomic E-state index is 0.000618. The van der Waals surface area contributed by atoms with Crippen LogP contribution in [0.2, 0.25) is 0 Å². The van der Waals surface area contributed by atoms with Crippen molar-refractivity contribution in [3.05, 3.63) is 35.9 Å². The second kappa shape index (κ2) is 74.7. The van der Waals surface area contributed by atoms with E-state index in [1.165, 1.54) is 34.6 Å². The summed E-state index contributed by atoms with van der Waals surface area (Å²) in [5, 5.41) is 58.2. The van der Waals surface area contributed by atoms with E-state index in [9.17, 15) is 96.2 Å². The Hall–Kier alpha value is -11.2. The number of carboxylic acids is 1. The van der Waals surface area contributed by atoms with E-state index >= 15 is 0 Å². The van der Waals surface area contributed by atoms with E-state index in [0.29, 0.717) is 83.5 Å². The molecule has 0 aliphatic heterocycles. The number of carbonyl (C=O) groups excluding carboxylic acids is 18. The average Bonchev–Trinajstić information content (AvgIpc) is 0.857. The lowest BCUT2D eigenvalue weighted by Gasteiger charge is -2.29.